The summed E-state index contributed by atoms with van der Waals surface area (Å²) < 4.78 is 4.91. The molecule has 0 aliphatic rings. The second kappa shape index (κ2) is 7.53. The van der Waals surface area contributed by atoms with Gasteiger partial charge >= 0.3 is 0 Å². The molecule has 0 atom stereocenters. The van der Waals surface area contributed by atoms with Crippen LogP contribution >= 0.6 is 0 Å². The topological polar surface area (TPSA) is 92.9 Å². The number of amides is 1. The number of anilines is 2. The lowest BCUT2D eigenvalue weighted by Gasteiger charge is -2.07. The monoisotopic (exact) mass is 303 g/mol. The predicted molar refractivity (Wildman–Crippen MR) is 84.0 cm³/mol. The Morgan fingerprint density at radius 1 is 1.23 bits per heavy atom. The number of aromatic nitrogens is 3. The van der Waals surface area contributed by atoms with E-state index < -0.39 is 0 Å². The maximum Gasteiger partial charge on any atom is 0.275 e. The van der Waals surface area contributed by atoms with Crippen LogP contribution in [0.2, 0.25) is 0 Å². The molecule has 7 nitrogen and oxygen atoms in total. The standard InChI is InChI=1S/C15H21N5O2/c1-4-5-6-7-16-15-17-10(2)8-12(18-15)14(21)19-13-9-11(3)22-20-13/h8-9H,4-7H2,1-3H3,(H,16,17,18)(H,19,20,21). The Morgan fingerprint density at radius 3 is 2.73 bits per heavy atom. The third-order valence-corrected chi connectivity index (χ3v) is 3.02. The number of nitrogens with one attached hydrogen (secondary N) is 2. The van der Waals surface area contributed by atoms with Crippen LogP contribution < -0.4 is 10.6 Å². The first-order valence-corrected chi connectivity index (χ1v) is 7.42. The summed E-state index contributed by atoms with van der Waals surface area (Å²) in [7, 11) is 0. The van der Waals surface area contributed by atoms with E-state index in [0.717, 1.165) is 31.5 Å². The molecule has 0 aliphatic heterocycles. The lowest BCUT2D eigenvalue weighted by atomic mass is 10.2. The zero-order valence-electron chi connectivity index (χ0n) is 13.1. The fraction of sp³-hybridized carbons (Fsp3) is 0.467. The second-order valence-electron chi connectivity index (χ2n) is 5.13. The number of unbranched alkanes of at least 4 members (excludes halogenated alkanes) is 2. The summed E-state index contributed by atoms with van der Waals surface area (Å²) in [6.07, 6.45) is 3.35. The van der Waals surface area contributed by atoms with Crippen molar-refractivity contribution in [1.29, 1.82) is 0 Å². The normalized spacial score (nSPS) is 10.5. The summed E-state index contributed by atoms with van der Waals surface area (Å²) in [6, 6.07) is 3.29. The molecule has 0 saturated heterocycles. The summed E-state index contributed by atoms with van der Waals surface area (Å²) in [5, 5.41) is 9.53. The van der Waals surface area contributed by atoms with Crippen molar-refractivity contribution in [3.8, 4) is 0 Å². The molecule has 0 aliphatic carbocycles. The summed E-state index contributed by atoms with van der Waals surface area (Å²) in [6.45, 7) is 6.53. The van der Waals surface area contributed by atoms with E-state index in [1.54, 1.807) is 19.1 Å². The highest BCUT2D eigenvalue weighted by molar-refractivity contribution is 6.02. The van der Waals surface area contributed by atoms with E-state index in [4.69, 9.17) is 4.52 Å². The Kier molecular flexibility index (Phi) is 5.46. The van der Waals surface area contributed by atoms with Crippen LogP contribution in [0.4, 0.5) is 11.8 Å². The van der Waals surface area contributed by atoms with E-state index in [2.05, 4.69) is 32.7 Å². The van der Waals surface area contributed by atoms with Crippen molar-refractivity contribution in [3.63, 3.8) is 0 Å². The van der Waals surface area contributed by atoms with Gasteiger partial charge in [-0.2, -0.15) is 0 Å². The van der Waals surface area contributed by atoms with Crippen LogP contribution in [-0.2, 0) is 0 Å². The minimum absolute atomic E-state index is 0.297. The largest absolute Gasteiger partial charge is 0.360 e. The average Bonchev–Trinajstić information content (AvgIpc) is 2.88. The average molecular weight is 303 g/mol. The number of carbonyl (C=O) groups excluding carboxylic acids is 1. The van der Waals surface area contributed by atoms with Crippen LogP contribution in [0, 0.1) is 13.8 Å². The Balaban J connectivity index is 2.03. The third-order valence-electron chi connectivity index (χ3n) is 3.02. The zero-order valence-corrected chi connectivity index (χ0v) is 13.1. The molecule has 2 N–H and O–H groups in total. The zero-order chi connectivity index (χ0) is 15.9. The fourth-order valence-electron chi connectivity index (χ4n) is 1.94. The molecule has 0 saturated carbocycles. The van der Waals surface area contributed by atoms with Gasteiger partial charge in [-0.25, -0.2) is 9.97 Å². The number of hydrogen-bond donors (Lipinski definition) is 2. The Hall–Kier alpha value is -2.44. The maximum absolute atomic E-state index is 12.2. The van der Waals surface area contributed by atoms with E-state index in [1.165, 1.54) is 0 Å². The highest BCUT2D eigenvalue weighted by atomic mass is 16.5. The minimum Gasteiger partial charge on any atom is -0.360 e. The molecule has 2 aromatic rings. The molecule has 22 heavy (non-hydrogen) atoms. The van der Waals surface area contributed by atoms with Gasteiger partial charge in [0.1, 0.15) is 11.5 Å². The summed E-state index contributed by atoms with van der Waals surface area (Å²) in [5.41, 5.74) is 1.03. The molecule has 0 unspecified atom stereocenters. The van der Waals surface area contributed by atoms with E-state index in [9.17, 15) is 4.79 Å². The fourth-order valence-corrected chi connectivity index (χ4v) is 1.94. The first-order valence-electron chi connectivity index (χ1n) is 7.42. The van der Waals surface area contributed by atoms with Crippen molar-refractivity contribution in [2.24, 2.45) is 0 Å². The van der Waals surface area contributed by atoms with Crippen LogP contribution in [0.5, 0.6) is 0 Å². The first kappa shape index (κ1) is 15.9. The maximum atomic E-state index is 12.2. The van der Waals surface area contributed by atoms with Gasteiger partial charge in [-0.1, -0.05) is 24.9 Å². The minimum atomic E-state index is -0.338. The van der Waals surface area contributed by atoms with E-state index in [1.807, 2.05) is 6.92 Å². The Morgan fingerprint density at radius 2 is 2.05 bits per heavy atom. The van der Waals surface area contributed by atoms with Crippen LogP contribution in [0.1, 0.15) is 48.1 Å². The van der Waals surface area contributed by atoms with Crippen molar-refractivity contribution in [2.75, 3.05) is 17.2 Å². The molecule has 2 heterocycles. The quantitative estimate of drug-likeness (QED) is 0.764. The van der Waals surface area contributed by atoms with Crippen molar-refractivity contribution in [1.82, 2.24) is 15.1 Å². The Bertz CT molecular complexity index is 639. The number of nitrogens with zero attached hydrogens (tertiary/aromatic N) is 3. The van der Waals surface area contributed by atoms with Gasteiger partial charge in [-0.15, -0.1) is 0 Å². The number of aryl methyl sites for hydroxylation is 2. The Labute approximate surface area is 129 Å². The summed E-state index contributed by atoms with van der Waals surface area (Å²) in [5.74, 6) is 1.14. The molecular formula is C15H21N5O2. The van der Waals surface area contributed by atoms with Gasteiger partial charge in [0, 0.05) is 18.3 Å². The van der Waals surface area contributed by atoms with Crippen LogP contribution in [0.25, 0.3) is 0 Å². The van der Waals surface area contributed by atoms with Crippen molar-refractivity contribution < 1.29 is 9.32 Å². The summed E-state index contributed by atoms with van der Waals surface area (Å²) >= 11 is 0. The molecule has 0 fully saturated rings. The number of hydrogen-bond acceptors (Lipinski definition) is 6. The van der Waals surface area contributed by atoms with E-state index in [-0.39, 0.29) is 5.91 Å². The molecular weight excluding hydrogens is 282 g/mol. The smallest absolute Gasteiger partial charge is 0.275 e. The molecule has 0 bridgehead atoms. The van der Waals surface area contributed by atoms with Gasteiger partial charge in [-0.3, -0.25) is 4.79 Å². The highest BCUT2D eigenvalue weighted by Gasteiger charge is 2.12. The molecule has 1 amide bonds. The number of rotatable bonds is 7. The van der Waals surface area contributed by atoms with Gasteiger partial charge in [0.25, 0.3) is 5.91 Å². The first-order chi connectivity index (χ1) is 10.6. The van der Waals surface area contributed by atoms with E-state index in [0.29, 0.717) is 23.2 Å². The summed E-state index contributed by atoms with van der Waals surface area (Å²) in [4.78, 5) is 20.7. The molecule has 2 aromatic heterocycles. The van der Waals surface area contributed by atoms with Gasteiger partial charge in [0.2, 0.25) is 5.95 Å². The molecule has 2 rings (SSSR count). The lowest BCUT2D eigenvalue weighted by Crippen LogP contribution is -2.16. The van der Waals surface area contributed by atoms with E-state index >= 15 is 0 Å². The SMILES string of the molecule is CCCCCNc1nc(C)cc(C(=O)Nc2cc(C)on2)n1. The molecule has 118 valence electrons. The van der Waals surface area contributed by atoms with Gasteiger partial charge in [-0.05, 0) is 26.3 Å². The molecule has 0 radical (unpaired) electrons. The van der Waals surface area contributed by atoms with Crippen LogP contribution in [-0.4, -0.2) is 27.6 Å². The van der Waals surface area contributed by atoms with Gasteiger partial charge in [0.05, 0.1) is 0 Å². The second-order valence-corrected chi connectivity index (χ2v) is 5.13. The lowest BCUT2D eigenvalue weighted by molar-refractivity contribution is 0.102. The van der Waals surface area contributed by atoms with Crippen LogP contribution in [0.15, 0.2) is 16.7 Å². The van der Waals surface area contributed by atoms with Crippen LogP contribution in [0.3, 0.4) is 0 Å². The van der Waals surface area contributed by atoms with Gasteiger partial charge in [0.15, 0.2) is 5.82 Å². The molecule has 0 spiro atoms. The predicted octanol–water partition coefficient (Wildman–Crippen LogP) is 2.94. The van der Waals surface area contributed by atoms with Gasteiger partial charge < -0.3 is 15.2 Å². The third kappa shape index (κ3) is 4.54. The molecule has 0 aromatic carbocycles. The number of carbonyl (C=O) groups is 1. The molecule has 7 heteroatoms. The van der Waals surface area contributed by atoms with Crippen molar-refractivity contribution in [3.05, 3.63) is 29.3 Å². The highest BCUT2D eigenvalue weighted by Crippen LogP contribution is 2.11. The van der Waals surface area contributed by atoms with Crippen molar-refractivity contribution >= 4 is 17.7 Å². The van der Waals surface area contributed by atoms with Crippen molar-refractivity contribution in [2.45, 2.75) is 40.0 Å².